The van der Waals surface area contributed by atoms with Crippen LogP contribution in [0.25, 0.3) is 11.0 Å². The van der Waals surface area contributed by atoms with E-state index in [0.29, 0.717) is 24.2 Å². The Morgan fingerprint density at radius 2 is 2.25 bits per heavy atom. The summed E-state index contributed by atoms with van der Waals surface area (Å²) < 4.78 is 10.3. The van der Waals surface area contributed by atoms with Crippen molar-refractivity contribution in [1.82, 2.24) is 10.1 Å². The lowest BCUT2D eigenvalue weighted by Crippen LogP contribution is -2.45. The first kappa shape index (κ1) is 11.5. The number of amides is 1. The highest BCUT2D eigenvalue weighted by molar-refractivity contribution is 5.90. The van der Waals surface area contributed by atoms with E-state index in [9.17, 15) is 9.59 Å². The van der Waals surface area contributed by atoms with Crippen LogP contribution in [-0.4, -0.2) is 40.6 Å². The van der Waals surface area contributed by atoms with Crippen molar-refractivity contribution in [2.45, 2.75) is 25.0 Å². The third-order valence-corrected chi connectivity index (χ3v) is 3.91. The molecule has 0 aliphatic carbocycles. The fourth-order valence-corrected chi connectivity index (χ4v) is 2.94. The Hall–Kier alpha value is -2.37. The molecule has 1 aromatic heterocycles. The molecule has 0 saturated carbocycles. The van der Waals surface area contributed by atoms with Crippen LogP contribution in [0.5, 0.6) is 0 Å². The van der Waals surface area contributed by atoms with Crippen LogP contribution in [-0.2, 0) is 20.7 Å². The van der Waals surface area contributed by atoms with E-state index in [1.165, 1.54) is 0 Å². The molecule has 2 aliphatic rings. The molecule has 2 saturated heterocycles. The van der Waals surface area contributed by atoms with Gasteiger partial charge in [-0.3, -0.25) is 4.79 Å². The lowest BCUT2D eigenvalue weighted by Gasteiger charge is -2.25. The van der Waals surface area contributed by atoms with Crippen LogP contribution in [0, 0.1) is 0 Å². The highest BCUT2D eigenvalue weighted by atomic mass is 16.6. The van der Waals surface area contributed by atoms with Crippen molar-refractivity contribution >= 4 is 22.8 Å². The second-order valence-electron chi connectivity index (χ2n) is 5.16. The van der Waals surface area contributed by atoms with E-state index in [4.69, 9.17) is 9.26 Å². The molecule has 1 amide bonds. The highest BCUT2D eigenvalue weighted by Gasteiger charge is 2.48. The molecule has 2 atom stereocenters. The van der Waals surface area contributed by atoms with Gasteiger partial charge >= 0.3 is 5.97 Å². The molecular weight excluding hydrogens is 260 g/mol. The number of carbonyl (C=O) groups excluding carboxylic acids is 2. The van der Waals surface area contributed by atoms with Gasteiger partial charge in [0, 0.05) is 11.8 Å². The smallest absolute Gasteiger partial charge is 0.329 e. The number of rotatable bonds is 2. The number of para-hydroxylation sites is 1. The van der Waals surface area contributed by atoms with Gasteiger partial charge in [0.25, 0.3) is 0 Å². The maximum Gasteiger partial charge on any atom is 0.329 e. The Labute approximate surface area is 114 Å². The van der Waals surface area contributed by atoms with Gasteiger partial charge in [0.1, 0.15) is 17.8 Å². The first-order valence-corrected chi connectivity index (χ1v) is 6.55. The molecule has 6 heteroatoms. The molecule has 2 bridgehead atoms. The third kappa shape index (κ3) is 1.61. The van der Waals surface area contributed by atoms with Crippen LogP contribution in [0.1, 0.15) is 12.1 Å². The number of hydrogen-bond acceptors (Lipinski definition) is 5. The average Bonchev–Trinajstić information content (AvgIpc) is 3.12. The molecule has 20 heavy (non-hydrogen) atoms. The Morgan fingerprint density at radius 3 is 3.05 bits per heavy atom. The van der Waals surface area contributed by atoms with Gasteiger partial charge in [-0.05, 0) is 12.1 Å². The van der Waals surface area contributed by atoms with Crippen molar-refractivity contribution in [3.05, 3.63) is 30.0 Å². The maximum absolute atomic E-state index is 12.3. The molecule has 2 unspecified atom stereocenters. The monoisotopic (exact) mass is 272 g/mol. The first-order valence-electron chi connectivity index (χ1n) is 6.55. The largest absolute Gasteiger partial charge is 0.459 e. The standard InChI is InChI=1S/C14H12N2O4/c17-13(16-7-8-5-11(16)14(18)19-8)6-10-9-3-1-2-4-12(9)20-15-10/h1-4,8,11H,5-7H2. The van der Waals surface area contributed by atoms with Gasteiger partial charge in [-0.1, -0.05) is 17.3 Å². The van der Waals surface area contributed by atoms with Crippen LogP contribution in [0.4, 0.5) is 0 Å². The third-order valence-electron chi connectivity index (χ3n) is 3.91. The van der Waals surface area contributed by atoms with E-state index in [0.717, 1.165) is 5.39 Å². The van der Waals surface area contributed by atoms with Gasteiger partial charge in [0.15, 0.2) is 5.58 Å². The quantitative estimate of drug-likeness (QED) is 0.759. The Morgan fingerprint density at radius 1 is 1.40 bits per heavy atom. The molecule has 2 fully saturated rings. The van der Waals surface area contributed by atoms with Gasteiger partial charge in [-0.2, -0.15) is 0 Å². The van der Waals surface area contributed by atoms with Crippen molar-refractivity contribution in [3.8, 4) is 0 Å². The highest BCUT2D eigenvalue weighted by Crippen LogP contribution is 2.30. The van der Waals surface area contributed by atoms with Crippen molar-refractivity contribution in [1.29, 1.82) is 0 Å². The topological polar surface area (TPSA) is 72.6 Å². The summed E-state index contributed by atoms with van der Waals surface area (Å²) in [5.41, 5.74) is 1.28. The fraction of sp³-hybridized carbons (Fsp3) is 0.357. The number of esters is 1. The summed E-state index contributed by atoms with van der Waals surface area (Å²) in [7, 11) is 0. The van der Waals surface area contributed by atoms with Gasteiger partial charge in [0.05, 0.1) is 13.0 Å². The Balaban J connectivity index is 1.57. The van der Waals surface area contributed by atoms with Crippen molar-refractivity contribution in [3.63, 3.8) is 0 Å². The van der Waals surface area contributed by atoms with Gasteiger partial charge in [-0.15, -0.1) is 0 Å². The van der Waals surface area contributed by atoms with Gasteiger partial charge in [-0.25, -0.2) is 4.79 Å². The van der Waals surface area contributed by atoms with E-state index in [2.05, 4.69) is 5.16 Å². The molecule has 4 rings (SSSR count). The lowest BCUT2D eigenvalue weighted by atomic mass is 10.1. The Bertz CT molecular complexity index is 708. The summed E-state index contributed by atoms with van der Waals surface area (Å²) in [6.45, 7) is 0.491. The van der Waals surface area contributed by atoms with Crippen molar-refractivity contribution in [2.75, 3.05) is 6.54 Å². The molecule has 0 radical (unpaired) electrons. The van der Waals surface area contributed by atoms with Crippen LogP contribution >= 0.6 is 0 Å². The number of fused-ring (bicyclic) bond motifs is 3. The number of benzene rings is 1. The zero-order valence-corrected chi connectivity index (χ0v) is 10.6. The molecule has 6 nitrogen and oxygen atoms in total. The average molecular weight is 272 g/mol. The van der Waals surface area contributed by atoms with E-state index in [1.54, 1.807) is 4.90 Å². The number of nitrogens with zero attached hydrogens (tertiary/aromatic N) is 2. The second kappa shape index (κ2) is 4.06. The maximum atomic E-state index is 12.3. The van der Waals surface area contributed by atoms with Gasteiger partial charge in [0.2, 0.25) is 5.91 Å². The molecular formula is C14H12N2O4. The molecule has 0 spiro atoms. The van der Waals surface area contributed by atoms with Crippen molar-refractivity contribution in [2.24, 2.45) is 0 Å². The minimum Gasteiger partial charge on any atom is -0.459 e. The molecule has 2 aliphatic heterocycles. The van der Waals surface area contributed by atoms with E-state index in [-0.39, 0.29) is 24.4 Å². The number of aromatic nitrogens is 1. The van der Waals surface area contributed by atoms with Crippen molar-refractivity contribution < 1.29 is 18.8 Å². The Kier molecular flexibility index (Phi) is 2.33. The number of hydrogen-bond donors (Lipinski definition) is 0. The summed E-state index contributed by atoms with van der Waals surface area (Å²) in [5.74, 6) is -0.396. The zero-order chi connectivity index (χ0) is 13.7. The minimum absolute atomic E-state index is 0.104. The first-order chi connectivity index (χ1) is 9.72. The molecule has 0 N–H and O–H groups in total. The molecule has 2 aromatic rings. The minimum atomic E-state index is -0.411. The van der Waals surface area contributed by atoms with E-state index in [1.807, 2.05) is 24.3 Å². The molecule has 3 heterocycles. The zero-order valence-electron chi connectivity index (χ0n) is 10.6. The van der Waals surface area contributed by atoms with Crippen LogP contribution in [0.15, 0.2) is 28.8 Å². The van der Waals surface area contributed by atoms with Crippen LogP contribution in [0.2, 0.25) is 0 Å². The van der Waals surface area contributed by atoms with Gasteiger partial charge < -0.3 is 14.2 Å². The normalized spacial score (nSPS) is 24.4. The summed E-state index contributed by atoms with van der Waals surface area (Å²) in [5, 5.41) is 4.79. The summed E-state index contributed by atoms with van der Waals surface area (Å²) in [6.07, 6.45) is 0.628. The molecule has 102 valence electrons. The van der Waals surface area contributed by atoms with E-state index < -0.39 is 6.04 Å². The van der Waals surface area contributed by atoms with E-state index >= 15 is 0 Å². The number of likely N-dealkylation sites (tertiary alicyclic amines) is 1. The predicted octanol–water partition coefficient (Wildman–Crippen LogP) is 0.897. The predicted molar refractivity (Wildman–Crippen MR) is 67.7 cm³/mol. The number of morpholine rings is 1. The second-order valence-corrected chi connectivity index (χ2v) is 5.16. The summed E-state index contributed by atoms with van der Waals surface area (Å²) >= 11 is 0. The number of carbonyl (C=O) groups is 2. The van der Waals surface area contributed by atoms with Crippen LogP contribution < -0.4 is 0 Å². The summed E-state index contributed by atoms with van der Waals surface area (Å²) in [6, 6.07) is 7.01. The molecule has 1 aromatic carbocycles. The van der Waals surface area contributed by atoms with Crippen LogP contribution in [0.3, 0.4) is 0 Å². The lowest BCUT2D eigenvalue weighted by molar-refractivity contribution is -0.156. The SMILES string of the molecule is O=C1OC2CC1N(C(=O)Cc1noc3ccccc13)C2. The number of ether oxygens (including phenoxy) is 1. The summed E-state index contributed by atoms with van der Waals surface area (Å²) in [4.78, 5) is 25.4. The fourth-order valence-electron chi connectivity index (χ4n) is 2.94.